The van der Waals surface area contributed by atoms with E-state index < -0.39 is 6.04 Å². The van der Waals surface area contributed by atoms with Gasteiger partial charge in [0.1, 0.15) is 5.82 Å². The Bertz CT molecular complexity index is 280. The lowest BCUT2D eigenvalue weighted by atomic mass is 10.1. The minimum Gasteiger partial charge on any atom is -0.394 e. The van der Waals surface area contributed by atoms with Gasteiger partial charge in [0.05, 0.1) is 12.6 Å². The summed E-state index contributed by atoms with van der Waals surface area (Å²) in [4.78, 5) is 0. The number of benzene rings is 1. The van der Waals surface area contributed by atoms with Crippen LogP contribution in [0.4, 0.5) is 4.39 Å². The Labute approximate surface area is 83.7 Å². The summed E-state index contributed by atoms with van der Waals surface area (Å²) in [6.45, 7) is -0.167. The zero-order valence-electron chi connectivity index (χ0n) is 6.30. The zero-order chi connectivity index (χ0) is 9.14. The topological polar surface area (TPSA) is 46.2 Å². The van der Waals surface area contributed by atoms with Crippen molar-refractivity contribution < 1.29 is 9.50 Å². The highest BCUT2D eigenvalue weighted by Crippen LogP contribution is 2.16. The van der Waals surface area contributed by atoms with Crippen molar-refractivity contribution in [1.29, 1.82) is 0 Å². The molecule has 1 aromatic rings. The molecule has 0 aliphatic heterocycles. The van der Waals surface area contributed by atoms with E-state index in [0.29, 0.717) is 9.13 Å². The van der Waals surface area contributed by atoms with E-state index in [1.807, 2.05) is 22.6 Å². The predicted molar refractivity (Wildman–Crippen MR) is 53.1 cm³/mol. The van der Waals surface area contributed by atoms with E-state index in [-0.39, 0.29) is 12.4 Å². The first-order valence-electron chi connectivity index (χ1n) is 3.46. The van der Waals surface area contributed by atoms with Gasteiger partial charge in [-0.3, -0.25) is 0 Å². The summed E-state index contributed by atoms with van der Waals surface area (Å²) in [6.07, 6.45) is 0. The van der Waals surface area contributed by atoms with Crippen molar-refractivity contribution in [2.45, 2.75) is 6.04 Å². The fraction of sp³-hybridized carbons (Fsp3) is 0.250. The van der Waals surface area contributed by atoms with Gasteiger partial charge in [0.25, 0.3) is 0 Å². The summed E-state index contributed by atoms with van der Waals surface area (Å²) in [5.74, 6) is -0.294. The largest absolute Gasteiger partial charge is 0.394 e. The van der Waals surface area contributed by atoms with Gasteiger partial charge in [-0.25, -0.2) is 4.39 Å². The molecule has 0 amide bonds. The van der Waals surface area contributed by atoms with Crippen LogP contribution in [0.2, 0.25) is 0 Å². The molecular formula is C8H9FINO. The average molecular weight is 281 g/mol. The molecule has 1 atom stereocenters. The van der Waals surface area contributed by atoms with Crippen LogP contribution in [0.3, 0.4) is 0 Å². The van der Waals surface area contributed by atoms with Crippen molar-refractivity contribution in [2.24, 2.45) is 5.73 Å². The summed E-state index contributed by atoms with van der Waals surface area (Å²) < 4.78 is 13.5. The number of aliphatic hydroxyl groups is 1. The third-order valence-electron chi connectivity index (χ3n) is 1.57. The molecule has 0 aliphatic rings. The van der Waals surface area contributed by atoms with Crippen molar-refractivity contribution in [3.63, 3.8) is 0 Å². The second-order valence-corrected chi connectivity index (χ2v) is 3.62. The molecule has 12 heavy (non-hydrogen) atoms. The number of nitrogens with two attached hydrogens (primary N) is 1. The fourth-order valence-electron chi connectivity index (χ4n) is 0.848. The summed E-state index contributed by atoms with van der Waals surface area (Å²) in [5.41, 5.74) is 6.11. The van der Waals surface area contributed by atoms with Crippen molar-refractivity contribution in [3.05, 3.63) is 33.1 Å². The number of aliphatic hydroxyl groups excluding tert-OH is 1. The van der Waals surface area contributed by atoms with Crippen LogP contribution in [0.15, 0.2) is 18.2 Å². The molecule has 4 heteroatoms. The minimum atomic E-state index is -0.489. The first-order chi connectivity index (χ1) is 5.65. The Morgan fingerprint density at radius 1 is 1.58 bits per heavy atom. The summed E-state index contributed by atoms with van der Waals surface area (Å²) in [7, 11) is 0. The van der Waals surface area contributed by atoms with E-state index in [1.54, 1.807) is 12.1 Å². The van der Waals surface area contributed by atoms with E-state index in [0.717, 1.165) is 0 Å². The normalized spacial score (nSPS) is 13.0. The molecule has 0 saturated carbocycles. The van der Waals surface area contributed by atoms with Gasteiger partial charge in [-0.15, -0.1) is 0 Å². The van der Waals surface area contributed by atoms with Crippen molar-refractivity contribution in [3.8, 4) is 0 Å². The maximum absolute atomic E-state index is 12.9. The fourth-order valence-corrected chi connectivity index (χ4v) is 1.18. The molecule has 1 rings (SSSR count). The van der Waals surface area contributed by atoms with E-state index in [9.17, 15) is 4.39 Å². The van der Waals surface area contributed by atoms with Gasteiger partial charge in [0.15, 0.2) is 0 Å². The van der Waals surface area contributed by atoms with Gasteiger partial charge in [0.2, 0.25) is 0 Å². The Morgan fingerprint density at radius 2 is 2.25 bits per heavy atom. The van der Waals surface area contributed by atoms with E-state index in [1.165, 1.54) is 6.07 Å². The molecule has 1 aromatic carbocycles. The average Bonchev–Trinajstić information content (AvgIpc) is 2.08. The van der Waals surface area contributed by atoms with Crippen LogP contribution < -0.4 is 5.73 Å². The maximum Gasteiger partial charge on any atom is 0.136 e. The van der Waals surface area contributed by atoms with E-state index >= 15 is 0 Å². The van der Waals surface area contributed by atoms with Crippen molar-refractivity contribution in [2.75, 3.05) is 6.61 Å². The summed E-state index contributed by atoms with van der Waals surface area (Å²) >= 11 is 1.90. The quantitative estimate of drug-likeness (QED) is 0.805. The standard InChI is InChI=1S/C8H9FINO/c9-6-3-5(8(11)4-12)1-2-7(6)10/h1-3,8,12H,4,11H2/t8-/m1/s1. The Balaban J connectivity index is 2.96. The Morgan fingerprint density at radius 3 is 2.75 bits per heavy atom. The van der Waals surface area contributed by atoms with Gasteiger partial charge in [-0.05, 0) is 40.3 Å². The van der Waals surface area contributed by atoms with E-state index in [4.69, 9.17) is 10.8 Å². The van der Waals surface area contributed by atoms with Crippen LogP contribution in [-0.2, 0) is 0 Å². The lowest BCUT2D eigenvalue weighted by Gasteiger charge is -2.08. The monoisotopic (exact) mass is 281 g/mol. The zero-order valence-corrected chi connectivity index (χ0v) is 8.45. The maximum atomic E-state index is 12.9. The summed E-state index contributed by atoms with van der Waals surface area (Å²) in [6, 6.07) is 4.21. The highest BCUT2D eigenvalue weighted by molar-refractivity contribution is 14.1. The van der Waals surface area contributed by atoms with Crippen LogP contribution in [0.5, 0.6) is 0 Å². The highest BCUT2D eigenvalue weighted by Gasteiger charge is 2.06. The molecule has 0 fully saturated rings. The van der Waals surface area contributed by atoms with Crippen LogP contribution in [0.25, 0.3) is 0 Å². The SMILES string of the molecule is N[C@H](CO)c1ccc(I)c(F)c1. The molecule has 0 bridgehead atoms. The van der Waals surface area contributed by atoms with Gasteiger partial charge in [0, 0.05) is 3.57 Å². The molecule has 3 N–H and O–H groups in total. The summed E-state index contributed by atoms with van der Waals surface area (Å²) in [5, 5.41) is 8.70. The van der Waals surface area contributed by atoms with Crippen LogP contribution >= 0.6 is 22.6 Å². The lowest BCUT2D eigenvalue weighted by Crippen LogP contribution is -2.14. The van der Waals surface area contributed by atoms with Gasteiger partial charge in [-0.1, -0.05) is 6.07 Å². The van der Waals surface area contributed by atoms with Crippen LogP contribution in [0, 0.1) is 9.39 Å². The molecule has 0 aliphatic carbocycles. The van der Waals surface area contributed by atoms with Crippen molar-refractivity contribution >= 4 is 22.6 Å². The Hall–Kier alpha value is -0.200. The molecule has 0 unspecified atom stereocenters. The third-order valence-corrected chi connectivity index (χ3v) is 2.44. The second kappa shape index (κ2) is 4.15. The molecule has 2 nitrogen and oxygen atoms in total. The molecular weight excluding hydrogens is 272 g/mol. The number of halogens is 2. The van der Waals surface area contributed by atoms with Crippen LogP contribution in [-0.4, -0.2) is 11.7 Å². The van der Waals surface area contributed by atoms with Gasteiger partial charge >= 0.3 is 0 Å². The third kappa shape index (κ3) is 2.15. The number of hydrogen-bond donors (Lipinski definition) is 2. The molecule has 0 spiro atoms. The molecule has 66 valence electrons. The molecule has 0 heterocycles. The second-order valence-electron chi connectivity index (χ2n) is 2.46. The van der Waals surface area contributed by atoms with Gasteiger partial charge < -0.3 is 10.8 Å². The van der Waals surface area contributed by atoms with E-state index in [2.05, 4.69) is 0 Å². The highest BCUT2D eigenvalue weighted by atomic mass is 127. The first-order valence-corrected chi connectivity index (χ1v) is 4.54. The smallest absolute Gasteiger partial charge is 0.136 e. The molecule has 0 saturated heterocycles. The van der Waals surface area contributed by atoms with Crippen molar-refractivity contribution in [1.82, 2.24) is 0 Å². The van der Waals surface area contributed by atoms with Crippen LogP contribution in [0.1, 0.15) is 11.6 Å². The minimum absolute atomic E-state index is 0.167. The first kappa shape index (κ1) is 9.88. The lowest BCUT2D eigenvalue weighted by molar-refractivity contribution is 0.268. The number of rotatable bonds is 2. The number of hydrogen-bond acceptors (Lipinski definition) is 2. The van der Waals surface area contributed by atoms with Gasteiger partial charge in [-0.2, -0.15) is 0 Å². The Kier molecular flexibility index (Phi) is 3.42. The molecule has 0 aromatic heterocycles. The molecule has 0 radical (unpaired) electrons. The predicted octanol–water partition coefficient (Wildman–Crippen LogP) is 1.42.